The minimum atomic E-state index is 1.16. The Morgan fingerprint density at radius 1 is 0.692 bits per heavy atom. The van der Waals surface area contributed by atoms with Crippen molar-refractivity contribution in [2.24, 2.45) is 0 Å². The third-order valence-corrected chi connectivity index (χ3v) is 2.55. The first kappa shape index (κ1) is 13.6. The quantitative estimate of drug-likeness (QED) is 0.586. The maximum Gasteiger partial charge on any atom is 0.0407 e. The molecule has 0 saturated heterocycles. The summed E-state index contributed by atoms with van der Waals surface area (Å²) in [7, 11) is 0. The number of hydrogen-bond donors (Lipinski definition) is 0. The normalized spacial score (nSPS) is 9.15. The van der Waals surface area contributed by atoms with Gasteiger partial charge in [0.1, 0.15) is 0 Å². The Morgan fingerprint density at radius 2 is 1.00 bits per heavy atom. The van der Waals surface area contributed by atoms with Crippen LogP contribution in [0.5, 0.6) is 0 Å². The van der Waals surface area contributed by atoms with Gasteiger partial charge >= 0.3 is 0 Å². The van der Waals surface area contributed by atoms with Crippen molar-refractivity contribution < 1.29 is 0 Å². The van der Waals surface area contributed by atoms with E-state index in [1.54, 1.807) is 0 Å². The summed E-state index contributed by atoms with van der Waals surface area (Å²) in [5.41, 5.74) is 6.35. The van der Waals surface area contributed by atoms with E-state index in [-0.39, 0.29) is 0 Å². The second-order valence-electron chi connectivity index (χ2n) is 3.16. The van der Waals surface area contributed by atoms with Gasteiger partial charge in [-0.05, 0) is 51.3 Å². The van der Waals surface area contributed by atoms with Crippen molar-refractivity contribution in [2.45, 2.75) is 34.6 Å². The molecule has 0 aliphatic carbocycles. The molecule has 1 rings (SSSR count). The van der Waals surface area contributed by atoms with Crippen LogP contribution in [0.1, 0.15) is 28.1 Å². The van der Waals surface area contributed by atoms with E-state index in [4.69, 9.17) is 0 Å². The van der Waals surface area contributed by atoms with Crippen LogP contribution < -0.4 is 0 Å². The minimum Gasteiger partial charge on any atom is -0.258 e. The molecule has 1 aromatic heterocycles. The third-order valence-electron chi connectivity index (χ3n) is 2.55. The van der Waals surface area contributed by atoms with E-state index in [1.807, 2.05) is 0 Å². The van der Waals surface area contributed by atoms with Crippen molar-refractivity contribution in [2.75, 3.05) is 0 Å². The number of rotatable bonds is 0. The van der Waals surface area contributed by atoms with Crippen LogP contribution >= 0.6 is 37.2 Å². The van der Waals surface area contributed by atoms with Gasteiger partial charge in [0.05, 0.1) is 0 Å². The Labute approximate surface area is 104 Å². The summed E-state index contributed by atoms with van der Waals surface area (Å²) in [6, 6.07) is 0. The standard InChI is InChI=1S/C10H15N.I2/c1-6-7(2)9(4)11-10(5)8(6)3;1-2/h1-5H3;. The Kier molecular flexibility index (Phi) is 6.45. The van der Waals surface area contributed by atoms with Crippen LogP contribution in [0.25, 0.3) is 0 Å². The summed E-state index contributed by atoms with van der Waals surface area (Å²) in [5.74, 6) is 0. The molecule has 74 valence electrons. The molecule has 3 heteroatoms. The number of aryl methyl sites for hydroxylation is 2. The Balaban J connectivity index is 0.000000671. The SMILES string of the molecule is Cc1nc(C)c(C)c(C)c1C.II. The summed E-state index contributed by atoms with van der Waals surface area (Å²) < 4.78 is 0. The molecule has 0 unspecified atom stereocenters. The van der Waals surface area contributed by atoms with Crippen LogP contribution in [0, 0.1) is 34.6 Å². The lowest BCUT2D eigenvalue weighted by molar-refractivity contribution is 1.03. The zero-order valence-electron chi connectivity index (χ0n) is 8.70. The van der Waals surface area contributed by atoms with Crippen LogP contribution in [-0.4, -0.2) is 4.98 Å². The number of hydrogen-bond acceptors (Lipinski definition) is 1. The highest BCUT2D eigenvalue weighted by Crippen LogP contribution is 2.16. The summed E-state index contributed by atoms with van der Waals surface area (Å²) in [6.07, 6.45) is 0. The highest BCUT2D eigenvalue weighted by atomic mass is 128. The molecule has 13 heavy (non-hydrogen) atoms. The van der Waals surface area contributed by atoms with Crippen LogP contribution in [0.15, 0.2) is 0 Å². The van der Waals surface area contributed by atoms with Crippen LogP contribution in [0.2, 0.25) is 0 Å². The molecule has 0 radical (unpaired) electrons. The molecular formula is C10H15I2N. The first-order chi connectivity index (χ1) is 6.04. The van der Waals surface area contributed by atoms with Crippen molar-refractivity contribution in [1.82, 2.24) is 4.98 Å². The fourth-order valence-corrected chi connectivity index (χ4v) is 1.24. The van der Waals surface area contributed by atoms with Crippen LogP contribution in [0.3, 0.4) is 0 Å². The van der Waals surface area contributed by atoms with E-state index in [0.717, 1.165) is 11.4 Å². The summed E-state index contributed by atoms with van der Waals surface area (Å²) in [6.45, 7) is 10.5. The van der Waals surface area contributed by atoms with Gasteiger partial charge in [-0.1, -0.05) is 0 Å². The fourth-order valence-electron chi connectivity index (χ4n) is 1.24. The largest absolute Gasteiger partial charge is 0.258 e. The van der Waals surface area contributed by atoms with Crippen LogP contribution in [-0.2, 0) is 0 Å². The predicted octanol–water partition coefficient (Wildman–Crippen LogP) is 4.40. The molecule has 0 aliphatic heterocycles. The van der Waals surface area contributed by atoms with Crippen molar-refractivity contribution in [3.63, 3.8) is 0 Å². The summed E-state index contributed by atoms with van der Waals surface area (Å²) in [5, 5.41) is 0. The molecule has 0 amide bonds. The van der Waals surface area contributed by atoms with Gasteiger partial charge in [-0.25, -0.2) is 0 Å². The van der Waals surface area contributed by atoms with Gasteiger partial charge in [0.25, 0.3) is 0 Å². The molecule has 1 nitrogen and oxygen atoms in total. The Bertz CT molecular complexity index is 269. The molecule has 0 spiro atoms. The van der Waals surface area contributed by atoms with Gasteiger partial charge in [-0.15, -0.1) is 0 Å². The number of aromatic nitrogens is 1. The molecule has 0 aromatic carbocycles. The molecule has 1 heterocycles. The summed E-state index contributed by atoms with van der Waals surface area (Å²) >= 11 is 4.24. The lowest BCUT2D eigenvalue weighted by Crippen LogP contribution is -1.98. The molecule has 0 saturated carbocycles. The monoisotopic (exact) mass is 403 g/mol. The maximum atomic E-state index is 4.43. The molecule has 0 bridgehead atoms. The van der Waals surface area contributed by atoms with E-state index in [2.05, 4.69) is 76.8 Å². The topological polar surface area (TPSA) is 12.9 Å². The Hall–Kier alpha value is 0.610. The van der Waals surface area contributed by atoms with Gasteiger partial charge in [-0.3, -0.25) is 4.98 Å². The van der Waals surface area contributed by atoms with Gasteiger partial charge < -0.3 is 0 Å². The second kappa shape index (κ2) is 6.16. The molecular weight excluding hydrogens is 388 g/mol. The van der Waals surface area contributed by atoms with Crippen LogP contribution in [0.4, 0.5) is 0 Å². The highest BCUT2D eigenvalue weighted by Gasteiger charge is 2.03. The van der Waals surface area contributed by atoms with Gasteiger partial charge in [-0.2, -0.15) is 0 Å². The lowest BCUT2D eigenvalue weighted by atomic mass is 10.0. The third kappa shape index (κ3) is 3.34. The fraction of sp³-hybridized carbons (Fsp3) is 0.500. The van der Waals surface area contributed by atoms with E-state index >= 15 is 0 Å². The van der Waals surface area contributed by atoms with Crippen molar-refractivity contribution in [1.29, 1.82) is 0 Å². The second-order valence-corrected chi connectivity index (χ2v) is 3.16. The van der Waals surface area contributed by atoms with E-state index < -0.39 is 0 Å². The number of pyridine rings is 1. The van der Waals surface area contributed by atoms with Crippen molar-refractivity contribution in [3.8, 4) is 0 Å². The summed E-state index contributed by atoms with van der Waals surface area (Å²) in [4.78, 5) is 4.43. The molecule has 0 atom stereocenters. The maximum absolute atomic E-state index is 4.43. The average Bonchev–Trinajstić information content (AvgIpc) is 2.15. The zero-order valence-corrected chi connectivity index (χ0v) is 13.0. The minimum absolute atomic E-state index is 1.16. The Morgan fingerprint density at radius 3 is 1.31 bits per heavy atom. The van der Waals surface area contributed by atoms with Gasteiger partial charge in [0.15, 0.2) is 0 Å². The number of nitrogens with zero attached hydrogens (tertiary/aromatic N) is 1. The highest BCUT2D eigenvalue weighted by molar-refractivity contribution is 15.0. The zero-order chi connectivity index (χ0) is 10.6. The van der Waals surface area contributed by atoms with Gasteiger partial charge in [0.2, 0.25) is 0 Å². The smallest absolute Gasteiger partial charge is 0.0407 e. The molecule has 1 aromatic rings. The average molecular weight is 403 g/mol. The van der Waals surface area contributed by atoms with Crippen molar-refractivity contribution >= 4 is 37.2 Å². The first-order valence-corrected chi connectivity index (χ1v) is 10.4. The van der Waals surface area contributed by atoms with Gasteiger partial charge in [0, 0.05) is 48.6 Å². The first-order valence-electron chi connectivity index (χ1n) is 4.09. The van der Waals surface area contributed by atoms with E-state index in [9.17, 15) is 0 Å². The number of halogens is 2. The molecule has 0 aliphatic rings. The molecule has 0 fully saturated rings. The van der Waals surface area contributed by atoms with E-state index in [0.29, 0.717) is 0 Å². The van der Waals surface area contributed by atoms with Crippen molar-refractivity contribution in [3.05, 3.63) is 28.1 Å². The molecule has 0 N–H and O–H groups in total. The van der Waals surface area contributed by atoms with E-state index in [1.165, 1.54) is 16.7 Å². The lowest BCUT2D eigenvalue weighted by Gasteiger charge is -2.09. The predicted molar refractivity (Wildman–Crippen MR) is 76.0 cm³/mol.